The minimum atomic E-state index is -1.02. The number of carboxylic acids is 1. The SMILES string of the molecule is CCC/C=C\C(CCCCCCC(=O)NC(CCCN)C(=O)O)OC(=O)CCCCCCCCC/C=C\CCCCCCCC. The number of allylic oxidation sites excluding steroid dienone is 3. The molecule has 0 aromatic carbocycles. The highest BCUT2D eigenvalue weighted by Crippen LogP contribution is 2.15. The minimum absolute atomic E-state index is 0.104. The Morgan fingerprint density at radius 2 is 1.20 bits per heavy atom. The second-order valence-corrected chi connectivity index (χ2v) is 12.6. The molecule has 7 heteroatoms. The smallest absolute Gasteiger partial charge is 0.326 e. The summed E-state index contributed by atoms with van der Waals surface area (Å²) in [4.78, 5) is 35.9. The molecular formula is C38H70N2O5. The number of unbranched alkanes of at least 4 members (excludes halogenated alkanes) is 17. The largest absolute Gasteiger partial charge is 0.480 e. The average molecular weight is 635 g/mol. The maximum atomic E-state index is 12.5. The summed E-state index contributed by atoms with van der Waals surface area (Å²) in [7, 11) is 0. The van der Waals surface area contributed by atoms with Crippen molar-refractivity contribution in [3.05, 3.63) is 24.3 Å². The molecule has 0 saturated carbocycles. The number of carbonyl (C=O) groups is 3. The van der Waals surface area contributed by atoms with Gasteiger partial charge in [-0.3, -0.25) is 9.59 Å². The Bertz CT molecular complexity index is 767. The topological polar surface area (TPSA) is 119 Å². The molecule has 0 aromatic heterocycles. The van der Waals surface area contributed by atoms with Crippen molar-refractivity contribution in [2.24, 2.45) is 5.73 Å². The van der Waals surface area contributed by atoms with Crippen LogP contribution in [0.5, 0.6) is 0 Å². The lowest BCUT2D eigenvalue weighted by atomic mass is 10.1. The minimum Gasteiger partial charge on any atom is -0.480 e. The summed E-state index contributed by atoms with van der Waals surface area (Å²) in [6.07, 6.45) is 35.6. The Labute approximate surface area is 276 Å². The van der Waals surface area contributed by atoms with Crippen molar-refractivity contribution in [3.63, 3.8) is 0 Å². The first-order chi connectivity index (χ1) is 21.9. The number of ether oxygens (including phenoxy) is 1. The number of rotatable bonds is 33. The third-order valence-corrected chi connectivity index (χ3v) is 8.20. The van der Waals surface area contributed by atoms with Gasteiger partial charge < -0.3 is 20.9 Å². The molecule has 0 rings (SSSR count). The Kier molecular flexibility index (Phi) is 31.6. The molecule has 0 spiro atoms. The van der Waals surface area contributed by atoms with Crippen LogP contribution in [0.25, 0.3) is 0 Å². The molecule has 0 fully saturated rings. The van der Waals surface area contributed by atoms with Gasteiger partial charge in [0.05, 0.1) is 0 Å². The Hall–Kier alpha value is -2.15. The maximum absolute atomic E-state index is 12.5. The zero-order chi connectivity index (χ0) is 33.2. The normalized spacial score (nSPS) is 13.0. The van der Waals surface area contributed by atoms with Crippen molar-refractivity contribution >= 4 is 17.8 Å². The lowest BCUT2D eigenvalue weighted by Crippen LogP contribution is -2.40. The number of carbonyl (C=O) groups excluding carboxylic acids is 2. The van der Waals surface area contributed by atoms with Crippen molar-refractivity contribution in [2.75, 3.05) is 6.54 Å². The van der Waals surface area contributed by atoms with E-state index in [1.54, 1.807) is 0 Å². The molecule has 0 bridgehead atoms. The fraction of sp³-hybridized carbons (Fsp3) is 0.816. The molecule has 1 amide bonds. The van der Waals surface area contributed by atoms with Gasteiger partial charge >= 0.3 is 11.9 Å². The van der Waals surface area contributed by atoms with Gasteiger partial charge in [-0.15, -0.1) is 0 Å². The van der Waals surface area contributed by atoms with E-state index in [4.69, 9.17) is 10.5 Å². The van der Waals surface area contributed by atoms with E-state index in [1.165, 1.54) is 83.5 Å². The predicted molar refractivity (Wildman–Crippen MR) is 188 cm³/mol. The summed E-state index contributed by atoms with van der Waals surface area (Å²) in [5.41, 5.74) is 5.45. The third kappa shape index (κ3) is 30.3. The van der Waals surface area contributed by atoms with Crippen LogP contribution < -0.4 is 11.1 Å². The Morgan fingerprint density at radius 1 is 0.644 bits per heavy atom. The number of hydrogen-bond donors (Lipinski definition) is 3. The van der Waals surface area contributed by atoms with Gasteiger partial charge in [0.2, 0.25) is 5.91 Å². The highest BCUT2D eigenvalue weighted by molar-refractivity contribution is 5.83. The van der Waals surface area contributed by atoms with Gasteiger partial charge in [0, 0.05) is 12.8 Å². The van der Waals surface area contributed by atoms with Crippen LogP contribution in [0.3, 0.4) is 0 Å². The van der Waals surface area contributed by atoms with E-state index < -0.39 is 12.0 Å². The molecule has 262 valence electrons. The molecule has 0 aliphatic rings. The van der Waals surface area contributed by atoms with E-state index in [2.05, 4.69) is 37.4 Å². The lowest BCUT2D eigenvalue weighted by Gasteiger charge is -2.15. The average Bonchev–Trinajstić information content (AvgIpc) is 3.02. The molecule has 4 N–H and O–H groups in total. The first-order valence-electron chi connectivity index (χ1n) is 18.7. The van der Waals surface area contributed by atoms with Crippen molar-refractivity contribution in [1.29, 1.82) is 0 Å². The van der Waals surface area contributed by atoms with E-state index in [1.807, 2.05) is 6.08 Å². The van der Waals surface area contributed by atoms with E-state index >= 15 is 0 Å². The van der Waals surface area contributed by atoms with Gasteiger partial charge in [-0.2, -0.15) is 0 Å². The van der Waals surface area contributed by atoms with Crippen LogP contribution >= 0.6 is 0 Å². The van der Waals surface area contributed by atoms with Gasteiger partial charge in [0.25, 0.3) is 0 Å². The van der Waals surface area contributed by atoms with E-state index in [0.29, 0.717) is 38.6 Å². The molecule has 45 heavy (non-hydrogen) atoms. The Balaban J connectivity index is 3.96. The predicted octanol–water partition coefficient (Wildman–Crippen LogP) is 9.72. The first-order valence-corrected chi connectivity index (χ1v) is 18.7. The number of nitrogens with two attached hydrogens (primary N) is 1. The standard InChI is InChI=1S/C38H70N2O5/c1-3-5-7-8-9-10-11-12-13-14-15-16-17-18-19-20-26-32-37(42)45-34(28-23-6-4-2)29-24-21-22-25-31-36(41)40-35(38(43)44)30-27-33-39/h12-13,23,28,34-35H,3-11,14-22,24-27,29-33,39H2,1-2H3,(H,40,41)(H,43,44)/b13-12-,28-23-. The van der Waals surface area contributed by atoms with Crippen LogP contribution in [-0.2, 0) is 19.1 Å². The van der Waals surface area contributed by atoms with Gasteiger partial charge in [-0.1, -0.05) is 116 Å². The fourth-order valence-electron chi connectivity index (χ4n) is 5.36. The molecule has 0 radical (unpaired) electrons. The molecule has 0 saturated heterocycles. The number of aliphatic carboxylic acids is 1. The summed E-state index contributed by atoms with van der Waals surface area (Å²) >= 11 is 0. The maximum Gasteiger partial charge on any atom is 0.326 e. The highest BCUT2D eigenvalue weighted by Gasteiger charge is 2.19. The van der Waals surface area contributed by atoms with Crippen molar-refractivity contribution < 1.29 is 24.2 Å². The zero-order valence-corrected chi connectivity index (χ0v) is 29.2. The summed E-state index contributed by atoms with van der Waals surface area (Å²) in [6, 6.07) is -0.867. The Morgan fingerprint density at radius 3 is 1.78 bits per heavy atom. The highest BCUT2D eigenvalue weighted by atomic mass is 16.5. The van der Waals surface area contributed by atoms with Crippen LogP contribution in [0.15, 0.2) is 24.3 Å². The summed E-state index contributed by atoms with van der Waals surface area (Å²) in [6.45, 7) is 4.80. The van der Waals surface area contributed by atoms with Gasteiger partial charge in [-0.25, -0.2) is 4.79 Å². The molecule has 0 aromatic rings. The van der Waals surface area contributed by atoms with Crippen LogP contribution in [0, 0.1) is 0 Å². The van der Waals surface area contributed by atoms with E-state index in [0.717, 1.165) is 51.4 Å². The molecule has 2 unspecified atom stereocenters. The zero-order valence-electron chi connectivity index (χ0n) is 29.2. The number of esters is 1. The second kappa shape index (κ2) is 33.2. The summed E-state index contributed by atoms with van der Waals surface area (Å²) in [5, 5.41) is 11.8. The van der Waals surface area contributed by atoms with Crippen molar-refractivity contribution in [2.45, 2.75) is 193 Å². The van der Waals surface area contributed by atoms with Gasteiger partial charge in [0.1, 0.15) is 12.1 Å². The summed E-state index contributed by atoms with van der Waals surface area (Å²) in [5.74, 6) is -1.35. The molecular weight excluding hydrogens is 564 g/mol. The molecule has 0 aliphatic carbocycles. The molecule has 0 aliphatic heterocycles. The van der Waals surface area contributed by atoms with E-state index in [-0.39, 0.29) is 18.0 Å². The molecule has 7 nitrogen and oxygen atoms in total. The quantitative estimate of drug-likeness (QED) is 0.0376. The van der Waals surface area contributed by atoms with Gasteiger partial charge in [-0.05, 0) is 83.2 Å². The van der Waals surface area contributed by atoms with Crippen LogP contribution in [-0.4, -0.2) is 41.6 Å². The first kappa shape index (κ1) is 42.9. The fourth-order valence-corrected chi connectivity index (χ4v) is 5.36. The third-order valence-electron chi connectivity index (χ3n) is 8.20. The van der Waals surface area contributed by atoms with Gasteiger partial charge in [0.15, 0.2) is 0 Å². The molecule has 0 heterocycles. The van der Waals surface area contributed by atoms with Crippen molar-refractivity contribution in [1.82, 2.24) is 5.32 Å². The van der Waals surface area contributed by atoms with Crippen LogP contribution in [0.1, 0.15) is 181 Å². The molecule has 2 atom stereocenters. The number of carboxylic acid groups (broad SMARTS) is 1. The van der Waals surface area contributed by atoms with Crippen LogP contribution in [0.2, 0.25) is 0 Å². The second-order valence-electron chi connectivity index (χ2n) is 12.6. The van der Waals surface area contributed by atoms with E-state index in [9.17, 15) is 19.5 Å². The number of amides is 1. The monoisotopic (exact) mass is 635 g/mol. The summed E-state index contributed by atoms with van der Waals surface area (Å²) < 4.78 is 5.81. The number of nitrogens with one attached hydrogen (secondary N) is 1. The number of hydrogen-bond acceptors (Lipinski definition) is 5. The lowest BCUT2D eigenvalue weighted by molar-refractivity contribution is -0.147. The van der Waals surface area contributed by atoms with Crippen molar-refractivity contribution in [3.8, 4) is 0 Å². The van der Waals surface area contributed by atoms with Crippen LogP contribution in [0.4, 0.5) is 0 Å².